The first kappa shape index (κ1) is 22.5. The minimum absolute atomic E-state index is 0.167. The third kappa shape index (κ3) is 6.18. The van der Waals surface area contributed by atoms with E-state index in [1.807, 2.05) is 42.5 Å². The van der Waals surface area contributed by atoms with Crippen LogP contribution in [0.15, 0.2) is 83.2 Å². The predicted octanol–water partition coefficient (Wildman–Crippen LogP) is 5.20. The highest BCUT2D eigenvalue weighted by Gasteiger charge is 2.12. The third-order valence-electron chi connectivity index (χ3n) is 4.56. The molecule has 0 saturated carbocycles. The first-order chi connectivity index (χ1) is 16.1. The highest BCUT2D eigenvalue weighted by Crippen LogP contribution is 2.26. The molecule has 0 radical (unpaired) electrons. The summed E-state index contributed by atoms with van der Waals surface area (Å²) in [6, 6.07) is 24.5. The minimum Gasteiger partial charge on any atom is -0.497 e. The number of amides is 2. The van der Waals surface area contributed by atoms with Gasteiger partial charge >= 0.3 is 0 Å². The second-order valence-corrected chi connectivity index (χ2v) is 9.04. The van der Waals surface area contributed by atoms with Crippen LogP contribution in [0.2, 0.25) is 0 Å². The van der Waals surface area contributed by atoms with E-state index < -0.39 is 0 Å². The van der Waals surface area contributed by atoms with Crippen molar-refractivity contribution in [3.63, 3.8) is 0 Å². The predicted molar refractivity (Wildman–Crippen MR) is 132 cm³/mol. The lowest BCUT2D eigenvalue weighted by Gasteiger charge is -2.06. The average molecular weight is 477 g/mol. The molecule has 33 heavy (non-hydrogen) atoms. The summed E-state index contributed by atoms with van der Waals surface area (Å²) in [5.74, 6) is 0.395. The number of hydrogen-bond donors (Lipinski definition) is 2. The zero-order valence-electron chi connectivity index (χ0n) is 17.6. The van der Waals surface area contributed by atoms with Crippen molar-refractivity contribution in [2.45, 2.75) is 4.34 Å². The molecule has 0 fully saturated rings. The van der Waals surface area contributed by atoms with Gasteiger partial charge in [0.25, 0.3) is 5.91 Å². The van der Waals surface area contributed by atoms with E-state index in [1.54, 1.807) is 43.5 Å². The smallest absolute Gasteiger partial charge is 0.257 e. The molecule has 166 valence electrons. The molecule has 7 nitrogen and oxygen atoms in total. The molecule has 0 unspecified atom stereocenters. The van der Waals surface area contributed by atoms with E-state index in [0.29, 0.717) is 26.5 Å². The molecule has 9 heteroatoms. The van der Waals surface area contributed by atoms with Gasteiger partial charge in [-0.15, -0.1) is 10.2 Å². The first-order valence-electron chi connectivity index (χ1n) is 9.98. The van der Waals surface area contributed by atoms with Crippen LogP contribution in [0.25, 0.3) is 11.1 Å². The molecule has 2 amide bonds. The van der Waals surface area contributed by atoms with E-state index in [4.69, 9.17) is 4.74 Å². The number of rotatable bonds is 8. The second kappa shape index (κ2) is 10.8. The van der Waals surface area contributed by atoms with Crippen molar-refractivity contribution in [3.8, 4) is 16.9 Å². The maximum Gasteiger partial charge on any atom is 0.257 e. The molecule has 4 aromatic rings. The van der Waals surface area contributed by atoms with Crippen LogP contribution in [0.3, 0.4) is 0 Å². The molecular weight excluding hydrogens is 456 g/mol. The van der Waals surface area contributed by atoms with E-state index in [2.05, 4.69) is 20.8 Å². The van der Waals surface area contributed by atoms with Crippen molar-refractivity contribution in [3.05, 3.63) is 84.4 Å². The highest BCUT2D eigenvalue weighted by molar-refractivity contribution is 8.01. The zero-order valence-corrected chi connectivity index (χ0v) is 19.3. The zero-order chi connectivity index (χ0) is 23.0. The summed E-state index contributed by atoms with van der Waals surface area (Å²) >= 11 is 2.47. The molecule has 0 aliphatic heterocycles. The van der Waals surface area contributed by atoms with Crippen LogP contribution in [0.1, 0.15) is 10.4 Å². The van der Waals surface area contributed by atoms with Crippen LogP contribution in [0.5, 0.6) is 5.75 Å². The summed E-state index contributed by atoms with van der Waals surface area (Å²) in [5, 5.41) is 14.0. The van der Waals surface area contributed by atoms with Gasteiger partial charge in [-0.2, -0.15) is 0 Å². The summed E-state index contributed by atoms with van der Waals surface area (Å²) in [4.78, 5) is 24.7. The Hall–Kier alpha value is -3.69. The number of hydrogen-bond acceptors (Lipinski definition) is 7. The van der Waals surface area contributed by atoms with Crippen LogP contribution < -0.4 is 15.4 Å². The number of ether oxygens (including phenoxy) is 1. The summed E-state index contributed by atoms with van der Waals surface area (Å²) in [5.41, 5.74) is 3.31. The minimum atomic E-state index is -0.266. The number of thioether (sulfide) groups is 1. The topological polar surface area (TPSA) is 93.2 Å². The molecule has 0 atom stereocenters. The second-order valence-electron chi connectivity index (χ2n) is 6.84. The number of aromatic nitrogens is 2. The normalized spacial score (nSPS) is 10.5. The van der Waals surface area contributed by atoms with Crippen molar-refractivity contribution in [2.75, 3.05) is 23.5 Å². The lowest BCUT2D eigenvalue weighted by molar-refractivity contribution is -0.113. The third-order valence-corrected chi connectivity index (χ3v) is 6.53. The molecule has 3 aromatic carbocycles. The van der Waals surface area contributed by atoms with E-state index in [-0.39, 0.29) is 17.6 Å². The highest BCUT2D eigenvalue weighted by atomic mass is 32.2. The number of nitrogens with one attached hydrogen (secondary N) is 2. The van der Waals surface area contributed by atoms with Gasteiger partial charge in [-0.05, 0) is 35.4 Å². The lowest BCUT2D eigenvalue weighted by Crippen LogP contribution is -2.13. The number of methoxy groups -OCH3 is 1. The van der Waals surface area contributed by atoms with Gasteiger partial charge in [0, 0.05) is 17.3 Å². The van der Waals surface area contributed by atoms with Gasteiger partial charge in [-0.25, -0.2) is 0 Å². The van der Waals surface area contributed by atoms with E-state index in [0.717, 1.165) is 11.1 Å². The Kier molecular flexibility index (Phi) is 7.33. The fraction of sp³-hybridized carbons (Fsp3) is 0.0833. The van der Waals surface area contributed by atoms with Crippen LogP contribution in [-0.4, -0.2) is 34.9 Å². The van der Waals surface area contributed by atoms with Crippen molar-refractivity contribution in [1.82, 2.24) is 10.2 Å². The maximum absolute atomic E-state index is 12.5. The van der Waals surface area contributed by atoms with Crippen molar-refractivity contribution in [1.29, 1.82) is 0 Å². The van der Waals surface area contributed by atoms with E-state index in [9.17, 15) is 9.59 Å². The summed E-state index contributed by atoms with van der Waals surface area (Å²) in [6.45, 7) is 0. The lowest BCUT2D eigenvalue weighted by atomic mass is 10.0. The standard InChI is InChI=1S/C24H20N4O3S2/c1-31-20-9-5-8-19(14-20)25-21(29)15-32-24-28-27-23(33-24)26-22(30)18-12-10-17(11-13-18)16-6-3-2-4-7-16/h2-14H,15H2,1H3,(H,25,29)(H,26,27,30). The Labute approximate surface area is 199 Å². The summed E-state index contributed by atoms with van der Waals surface area (Å²) < 4.78 is 5.74. The van der Waals surface area contributed by atoms with E-state index in [1.165, 1.54) is 23.1 Å². The average Bonchev–Trinajstić information content (AvgIpc) is 3.30. The number of carbonyl (C=O) groups is 2. The maximum atomic E-state index is 12.5. The van der Waals surface area contributed by atoms with Crippen LogP contribution >= 0.6 is 23.1 Å². The molecule has 0 aliphatic carbocycles. The molecular formula is C24H20N4O3S2. The molecule has 0 saturated heterocycles. The SMILES string of the molecule is COc1cccc(NC(=O)CSc2nnc(NC(=O)c3ccc(-c4ccccc4)cc3)s2)c1. The molecule has 4 rings (SSSR count). The van der Waals surface area contributed by atoms with Crippen molar-refractivity contribution >= 4 is 45.7 Å². The van der Waals surface area contributed by atoms with Crippen molar-refractivity contribution in [2.24, 2.45) is 0 Å². The fourth-order valence-corrected chi connectivity index (χ4v) is 4.50. The van der Waals surface area contributed by atoms with Gasteiger partial charge in [-0.3, -0.25) is 14.9 Å². The Bertz CT molecular complexity index is 1240. The summed E-state index contributed by atoms with van der Waals surface area (Å²) in [7, 11) is 1.57. The molecule has 0 bridgehead atoms. The monoisotopic (exact) mass is 476 g/mol. The van der Waals surface area contributed by atoms with Gasteiger partial charge in [0.1, 0.15) is 5.75 Å². The molecule has 2 N–H and O–H groups in total. The van der Waals surface area contributed by atoms with Crippen LogP contribution in [-0.2, 0) is 4.79 Å². The number of benzene rings is 3. The molecule has 0 spiro atoms. The Balaban J connectivity index is 1.29. The van der Waals surface area contributed by atoms with Gasteiger partial charge < -0.3 is 10.1 Å². The molecule has 1 aromatic heterocycles. The van der Waals surface area contributed by atoms with Gasteiger partial charge in [0.15, 0.2) is 4.34 Å². The quantitative estimate of drug-likeness (QED) is 0.268. The van der Waals surface area contributed by atoms with Gasteiger partial charge in [-0.1, -0.05) is 71.6 Å². The Morgan fingerprint density at radius 3 is 2.42 bits per heavy atom. The largest absolute Gasteiger partial charge is 0.497 e. The van der Waals surface area contributed by atoms with Crippen LogP contribution in [0.4, 0.5) is 10.8 Å². The number of anilines is 2. The summed E-state index contributed by atoms with van der Waals surface area (Å²) in [6.07, 6.45) is 0. The Morgan fingerprint density at radius 1 is 0.909 bits per heavy atom. The fourth-order valence-electron chi connectivity index (χ4n) is 2.96. The van der Waals surface area contributed by atoms with Crippen LogP contribution in [0, 0.1) is 0 Å². The Morgan fingerprint density at radius 2 is 1.67 bits per heavy atom. The van der Waals surface area contributed by atoms with Gasteiger partial charge in [0.05, 0.1) is 12.9 Å². The number of carbonyl (C=O) groups excluding carboxylic acids is 2. The van der Waals surface area contributed by atoms with Gasteiger partial charge in [0.2, 0.25) is 11.0 Å². The molecule has 1 heterocycles. The van der Waals surface area contributed by atoms with E-state index >= 15 is 0 Å². The number of nitrogens with zero attached hydrogens (tertiary/aromatic N) is 2. The van der Waals surface area contributed by atoms with Crippen molar-refractivity contribution < 1.29 is 14.3 Å². The first-order valence-corrected chi connectivity index (χ1v) is 11.8. The molecule has 0 aliphatic rings.